The van der Waals surface area contributed by atoms with Crippen LogP contribution in [0.3, 0.4) is 0 Å². The number of nitrogen functional groups attached to an aromatic ring is 1. The smallest absolute Gasteiger partial charge is 0.144 e. The van der Waals surface area contributed by atoms with E-state index in [4.69, 9.17) is 10.5 Å². The van der Waals surface area contributed by atoms with Crippen molar-refractivity contribution in [3.63, 3.8) is 0 Å². The van der Waals surface area contributed by atoms with Gasteiger partial charge in [0.05, 0.1) is 18.9 Å². The largest absolute Gasteiger partial charge is 0.495 e. The number of aliphatic hydroxyl groups is 1. The molecule has 1 aromatic carbocycles. The van der Waals surface area contributed by atoms with Crippen LogP contribution in [0.5, 0.6) is 5.75 Å². The van der Waals surface area contributed by atoms with E-state index in [1.165, 1.54) is 0 Å². The zero-order chi connectivity index (χ0) is 10.8. The SMILES string of the molecule is COc1cc(N)ccc1N1CC[C@H](O)C1. The highest BCUT2D eigenvalue weighted by atomic mass is 16.5. The Morgan fingerprint density at radius 2 is 2.33 bits per heavy atom. The molecule has 0 aliphatic carbocycles. The molecule has 0 aromatic heterocycles. The van der Waals surface area contributed by atoms with Gasteiger partial charge in [-0.15, -0.1) is 0 Å². The summed E-state index contributed by atoms with van der Waals surface area (Å²) in [7, 11) is 1.63. The minimum absolute atomic E-state index is 0.229. The number of β-amino-alcohol motifs (C(OH)–C–C–N with tert-alkyl or cyclic N) is 1. The van der Waals surface area contributed by atoms with E-state index in [1.807, 2.05) is 12.1 Å². The van der Waals surface area contributed by atoms with Crippen LogP contribution in [0.1, 0.15) is 6.42 Å². The van der Waals surface area contributed by atoms with E-state index in [-0.39, 0.29) is 6.10 Å². The molecular formula is C11H16N2O2. The molecule has 0 spiro atoms. The fourth-order valence-electron chi connectivity index (χ4n) is 1.92. The highest BCUT2D eigenvalue weighted by Crippen LogP contribution is 2.32. The van der Waals surface area contributed by atoms with Crippen LogP contribution in [0.25, 0.3) is 0 Å². The first-order chi connectivity index (χ1) is 7.20. The van der Waals surface area contributed by atoms with Crippen molar-refractivity contribution in [1.82, 2.24) is 0 Å². The lowest BCUT2D eigenvalue weighted by Gasteiger charge is -2.20. The van der Waals surface area contributed by atoms with Crippen molar-refractivity contribution in [3.05, 3.63) is 18.2 Å². The number of anilines is 2. The highest BCUT2D eigenvalue weighted by Gasteiger charge is 2.22. The van der Waals surface area contributed by atoms with Crippen molar-refractivity contribution in [2.24, 2.45) is 0 Å². The van der Waals surface area contributed by atoms with Crippen LogP contribution >= 0.6 is 0 Å². The molecule has 1 atom stereocenters. The molecule has 0 unspecified atom stereocenters. The summed E-state index contributed by atoms with van der Waals surface area (Å²) in [6.45, 7) is 1.53. The van der Waals surface area contributed by atoms with Gasteiger partial charge in [0.1, 0.15) is 5.75 Å². The molecule has 1 aliphatic heterocycles. The predicted octanol–water partition coefficient (Wildman–Crippen LogP) is 0.848. The van der Waals surface area contributed by atoms with Crippen LogP contribution in [0.2, 0.25) is 0 Å². The summed E-state index contributed by atoms with van der Waals surface area (Å²) in [5, 5.41) is 9.47. The fraction of sp³-hybridized carbons (Fsp3) is 0.455. The number of aliphatic hydroxyl groups excluding tert-OH is 1. The first-order valence-corrected chi connectivity index (χ1v) is 5.07. The normalized spacial score (nSPS) is 20.7. The standard InChI is InChI=1S/C11H16N2O2/c1-15-11-6-8(12)2-3-10(11)13-5-4-9(14)7-13/h2-3,6,9,14H,4-5,7,12H2,1H3/t9-/m0/s1. The van der Waals surface area contributed by atoms with E-state index in [0.29, 0.717) is 12.2 Å². The van der Waals surface area contributed by atoms with E-state index in [1.54, 1.807) is 13.2 Å². The Morgan fingerprint density at radius 1 is 1.53 bits per heavy atom. The molecule has 82 valence electrons. The average Bonchev–Trinajstić information content (AvgIpc) is 2.64. The second kappa shape index (κ2) is 3.98. The number of nitrogens with two attached hydrogens (primary N) is 1. The fourth-order valence-corrected chi connectivity index (χ4v) is 1.92. The molecule has 1 saturated heterocycles. The van der Waals surface area contributed by atoms with Crippen molar-refractivity contribution >= 4 is 11.4 Å². The molecule has 1 fully saturated rings. The van der Waals surface area contributed by atoms with Gasteiger partial charge in [-0.25, -0.2) is 0 Å². The van der Waals surface area contributed by atoms with Crippen LogP contribution in [0.4, 0.5) is 11.4 Å². The lowest BCUT2D eigenvalue weighted by Crippen LogP contribution is -2.21. The first kappa shape index (κ1) is 10.1. The van der Waals surface area contributed by atoms with Crippen molar-refractivity contribution in [1.29, 1.82) is 0 Å². The van der Waals surface area contributed by atoms with Gasteiger partial charge in [0.15, 0.2) is 0 Å². The van der Waals surface area contributed by atoms with Gasteiger partial charge in [0.2, 0.25) is 0 Å². The number of hydrogen-bond donors (Lipinski definition) is 2. The summed E-state index contributed by atoms with van der Waals surface area (Å²) < 4.78 is 5.27. The first-order valence-electron chi connectivity index (χ1n) is 5.07. The number of nitrogens with zero attached hydrogens (tertiary/aromatic N) is 1. The minimum atomic E-state index is -0.229. The van der Waals surface area contributed by atoms with Crippen LogP contribution in [-0.2, 0) is 0 Å². The maximum absolute atomic E-state index is 9.47. The molecule has 15 heavy (non-hydrogen) atoms. The Hall–Kier alpha value is -1.42. The van der Waals surface area contributed by atoms with Gasteiger partial charge in [-0.2, -0.15) is 0 Å². The summed E-state index contributed by atoms with van der Waals surface area (Å²) in [5.74, 6) is 0.768. The maximum atomic E-state index is 9.47. The average molecular weight is 208 g/mol. The number of rotatable bonds is 2. The van der Waals surface area contributed by atoms with Gasteiger partial charge < -0.3 is 20.5 Å². The van der Waals surface area contributed by atoms with Crippen molar-refractivity contribution < 1.29 is 9.84 Å². The van der Waals surface area contributed by atoms with E-state index in [0.717, 1.165) is 24.4 Å². The second-order valence-corrected chi connectivity index (χ2v) is 3.82. The molecule has 1 aliphatic rings. The third kappa shape index (κ3) is 1.99. The van der Waals surface area contributed by atoms with Gasteiger partial charge in [-0.1, -0.05) is 0 Å². The molecule has 2 rings (SSSR count). The molecule has 0 radical (unpaired) electrons. The highest BCUT2D eigenvalue weighted by molar-refractivity contribution is 5.64. The van der Waals surface area contributed by atoms with Gasteiger partial charge in [0, 0.05) is 24.8 Å². The Balaban J connectivity index is 2.27. The lowest BCUT2D eigenvalue weighted by atomic mass is 10.2. The third-order valence-corrected chi connectivity index (χ3v) is 2.71. The van der Waals surface area contributed by atoms with Crippen molar-refractivity contribution in [2.45, 2.75) is 12.5 Å². The summed E-state index contributed by atoms with van der Waals surface area (Å²) in [6.07, 6.45) is 0.584. The zero-order valence-electron chi connectivity index (χ0n) is 8.81. The molecule has 0 saturated carbocycles. The number of methoxy groups -OCH3 is 1. The van der Waals surface area contributed by atoms with Gasteiger partial charge >= 0.3 is 0 Å². The monoisotopic (exact) mass is 208 g/mol. The molecule has 1 aromatic rings. The number of benzene rings is 1. The maximum Gasteiger partial charge on any atom is 0.144 e. The Bertz CT molecular complexity index is 354. The van der Waals surface area contributed by atoms with Crippen LogP contribution in [0, 0.1) is 0 Å². The number of ether oxygens (including phenoxy) is 1. The lowest BCUT2D eigenvalue weighted by molar-refractivity contribution is 0.198. The quantitative estimate of drug-likeness (QED) is 0.707. The van der Waals surface area contributed by atoms with Crippen molar-refractivity contribution in [3.8, 4) is 5.75 Å². The van der Waals surface area contributed by atoms with E-state index >= 15 is 0 Å². The Morgan fingerprint density at radius 3 is 2.93 bits per heavy atom. The molecule has 0 bridgehead atoms. The van der Waals surface area contributed by atoms with Gasteiger partial charge in [-0.05, 0) is 18.6 Å². The van der Waals surface area contributed by atoms with Crippen LogP contribution < -0.4 is 15.4 Å². The summed E-state index contributed by atoms with van der Waals surface area (Å²) in [6, 6.07) is 5.59. The van der Waals surface area contributed by atoms with E-state index < -0.39 is 0 Å². The Kier molecular flexibility index (Phi) is 2.68. The topological polar surface area (TPSA) is 58.7 Å². The van der Waals surface area contributed by atoms with E-state index in [9.17, 15) is 5.11 Å². The van der Waals surface area contributed by atoms with Crippen LogP contribution in [0.15, 0.2) is 18.2 Å². The molecule has 0 amide bonds. The third-order valence-electron chi connectivity index (χ3n) is 2.71. The number of hydrogen-bond acceptors (Lipinski definition) is 4. The summed E-state index contributed by atoms with van der Waals surface area (Å²) in [5.41, 5.74) is 7.37. The molecule has 4 heteroatoms. The summed E-state index contributed by atoms with van der Waals surface area (Å²) in [4.78, 5) is 2.11. The predicted molar refractivity (Wildman–Crippen MR) is 60.2 cm³/mol. The van der Waals surface area contributed by atoms with E-state index in [2.05, 4.69) is 4.90 Å². The second-order valence-electron chi connectivity index (χ2n) is 3.82. The molecular weight excluding hydrogens is 192 g/mol. The van der Waals surface area contributed by atoms with Crippen LogP contribution in [-0.4, -0.2) is 31.4 Å². The van der Waals surface area contributed by atoms with Gasteiger partial charge in [-0.3, -0.25) is 0 Å². The molecule has 3 N–H and O–H groups in total. The molecule has 1 heterocycles. The Labute approximate surface area is 89.3 Å². The minimum Gasteiger partial charge on any atom is -0.495 e. The summed E-state index contributed by atoms with van der Waals surface area (Å²) >= 11 is 0. The zero-order valence-corrected chi connectivity index (χ0v) is 8.81. The molecule has 4 nitrogen and oxygen atoms in total. The van der Waals surface area contributed by atoms with Gasteiger partial charge in [0.25, 0.3) is 0 Å². The van der Waals surface area contributed by atoms with Crippen molar-refractivity contribution in [2.75, 3.05) is 30.8 Å².